The number of methoxy groups -OCH3 is 1. The highest BCUT2D eigenvalue weighted by molar-refractivity contribution is 14.1. The predicted molar refractivity (Wildman–Crippen MR) is 72.4 cm³/mol. The zero-order chi connectivity index (χ0) is 11.6. The second-order valence-electron chi connectivity index (χ2n) is 3.02. The van der Waals surface area contributed by atoms with Crippen LogP contribution in [0.15, 0.2) is 6.33 Å². The Morgan fingerprint density at radius 2 is 2.27 bits per heavy atom. The molecule has 0 aliphatic heterocycles. The van der Waals surface area contributed by atoms with Gasteiger partial charge in [-0.25, -0.2) is 4.98 Å². The number of aromatic nitrogens is 2. The third kappa shape index (κ3) is 2.81. The minimum atomic E-state index is -0.673. The Labute approximate surface area is 115 Å². The molecule has 0 bridgehead atoms. The van der Waals surface area contributed by atoms with Gasteiger partial charge in [0.25, 0.3) is 0 Å². The summed E-state index contributed by atoms with van der Waals surface area (Å²) < 4.78 is 8.34. The van der Waals surface area contributed by atoms with Crippen LogP contribution >= 0.6 is 45.2 Å². The van der Waals surface area contributed by atoms with Gasteiger partial charge in [0.1, 0.15) is 13.4 Å². The Hall–Kier alpha value is 0.100. The average Bonchev–Trinajstić information content (AvgIpc) is 2.56. The van der Waals surface area contributed by atoms with Gasteiger partial charge in [-0.05, 0) is 52.1 Å². The van der Waals surface area contributed by atoms with Crippen molar-refractivity contribution >= 4 is 51.2 Å². The summed E-state index contributed by atoms with van der Waals surface area (Å²) in [4.78, 5) is 15.4. The van der Waals surface area contributed by atoms with Crippen LogP contribution in [-0.4, -0.2) is 28.7 Å². The monoisotopic (exact) mass is 435 g/mol. The number of ether oxygens (including phenoxy) is 1. The van der Waals surface area contributed by atoms with Crippen LogP contribution in [0.1, 0.15) is 13.0 Å². The van der Waals surface area contributed by atoms with Crippen LogP contribution in [0.3, 0.4) is 0 Å². The van der Waals surface area contributed by atoms with E-state index in [9.17, 15) is 4.79 Å². The van der Waals surface area contributed by atoms with Crippen LogP contribution < -0.4 is 5.73 Å². The van der Waals surface area contributed by atoms with Crippen molar-refractivity contribution in [3.63, 3.8) is 0 Å². The van der Waals surface area contributed by atoms with E-state index in [-0.39, 0.29) is 6.04 Å². The first-order valence-electron chi connectivity index (χ1n) is 4.20. The van der Waals surface area contributed by atoms with Crippen LogP contribution in [0.2, 0.25) is 0 Å². The lowest BCUT2D eigenvalue weighted by molar-refractivity contribution is -0.143. The van der Waals surface area contributed by atoms with Gasteiger partial charge >= 0.3 is 5.97 Å². The highest BCUT2D eigenvalue weighted by Gasteiger charge is 2.24. The summed E-state index contributed by atoms with van der Waals surface area (Å²) in [6, 6.07) is -0.839. The van der Waals surface area contributed by atoms with E-state index >= 15 is 0 Å². The lowest BCUT2D eigenvalue weighted by atomic mass is 10.1. The molecule has 2 unspecified atom stereocenters. The van der Waals surface area contributed by atoms with Gasteiger partial charge in [0.05, 0.1) is 19.5 Å². The molecule has 1 aromatic heterocycles. The van der Waals surface area contributed by atoms with Crippen LogP contribution in [0.5, 0.6) is 0 Å². The lowest BCUT2D eigenvalue weighted by Crippen LogP contribution is -2.39. The molecule has 0 aromatic carbocycles. The topological polar surface area (TPSA) is 70.1 Å². The molecule has 0 fully saturated rings. The van der Waals surface area contributed by atoms with Gasteiger partial charge < -0.3 is 15.0 Å². The number of imidazole rings is 1. The molecule has 0 radical (unpaired) electrons. The smallest absolute Gasteiger partial charge is 0.324 e. The molecule has 1 rings (SSSR count). The van der Waals surface area contributed by atoms with Crippen molar-refractivity contribution in [2.45, 2.75) is 19.0 Å². The maximum Gasteiger partial charge on any atom is 0.324 e. The largest absolute Gasteiger partial charge is 0.468 e. The van der Waals surface area contributed by atoms with Gasteiger partial charge in [0.15, 0.2) is 0 Å². The molecule has 0 spiro atoms. The summed E-state index contributed by atoms with van der Waals surface area (Å²) in [5, 5.41) is 0. The molecular weight excluding hydrogens is 424 g/mol. The van der Waals surface area contributed by atoms with Gasteiger partial charge in [-0.15, -0.1) is 0 Å². The second kappa shape index (κ2) is 5.43. The number of carbonyl (C=O) groups excluding carboxylic acids is 1. The number of nitrogens with zero attached hydrogens (tertiary/aromatic N) is 2. The standard InChI is InChI=1S/C8H11I2N3O2/c1-4(5(11)8(14)15-2)13-3-12-6(9)7(13)10/h3-5H,11H2,1-2H3. The van der Waals surface area contributed by atoms with Crippen LogP contribution in [0, 0.1) is 7.40 Å². The number of nitrogens with two attached hydrogens (primary N) is 1. The zero-order valence-electron chi connectivity index (χ0n) is 8.28. The number of esters is 1. The SMILES string of the molecule is COC(=O)C(N)C(C)n1cnc(I)c1I. The highest BCUT2D eigenvalue weighted by Crippen LogP contribution is 2.19. The lowest BCUT2D eigenvalue weighted by Gasteiger charge is -2.19. The Morgan fingerprint density at radius 3 is 2.67 bits per heavy atom. The molecule has 1 aromatic rings. The first-order chi connectivity index (χ1) is 6.99. The quantitative estimate of drug-likeness (QED) is 0.572. The summed E-state index contributed by atoms with van der Waals surface area (Å²) >= 11 is 4.30. The van der Waals surface area contributed by atoms with Gasteiger partial charge in [-0.1, -0.05) is 0 Å². The second-order valence-corrected chi connectivity index (χ2v) is 5.07. The molecule has 0 saturated carbocycles. The molecule has 0 saturated heterocycles. The fourth-order valence-corrected chi connectivity index (χ4v) is 2.22. The molecule has 0 aliphatic carbocycles. The van der Waals surface area contributed by atoms with E-state index in [4.69, 9.17) is 5.73 Å². The number of hydrogen-bond acceptors (Lipinski definition) is 4. The maximum atomic E-state index is 11.3. The molecule has 7 heteroatoms. The van der Waals surface area contributed by atoms with Gasteiger partial charge in [-0.3, -0.25) is 4.79 Å². The molecule has 15 heavy (non-hydrogen) atoms. The molecule has 2 N–H and O–H groups in total. The van der Waals surface area contributed by atoms with Crippen molar-refractivity contribution in [1.82, 2.24) is 9.55 Å². The summed E-state index contributed by atoms with van der Waals surface area (Å²) in [6.45, 7) is 1.86. The van der Waals surface area contributed by atoms with E-state index in [1.54, 1.807) is 6.33 Å². The third-order valence-corrected chi connectivity index (χ3v) is 5.01. The molecule has 1 heterocycles. The van der Waals surface area contributed by atoms with Crippen molar-refractivity contribution in [2.24, 2.45) is 5.73 Å². The van der Waals surface area contributed by atoms with E-state index in [2.05, 4.69) is 54.9 Å². The van der Waals surface area contributed by atoms with Crippen molar-refractivity contribution in [1.29, 1.82) is 0 Å². The van der Waals surface area contributed by atoms with E-state index in [0.29, 0.717) is 0 Å². The fraction of sp³-hybridized carbons (Fsp3) is 0.500. The van der Waals surface area contributed by atoms with Crippen LogP contribution in [0.4, 0.5) is 0 Å². The number of rotatable bonds is 3. The first-order valence-corrected chi connectivity index (χ1v) is 6.36. The van der Waals surface area contributed by atoms with Crippen molar-refractivity contribution in [2.75, 3.05) is 7.11 Å². The van der Waals surface area contributed by atoms with Crippen molar-refractivity contribution in [3.05, 3.63) is 13.7 Å². The predicted octanol–water partition coefficient (Wildman–Crippen LogP) is 1.15. The van der Waals surface area contributed by atoms with Crippen LogP contribution in [0.25, 0.3) is 0 Å². The Balaban J connectivity index is 2.89. The Morgan fingerprint density at radius 1 is 1.67 bits per heavy atom. The zero-order valence-corrected chi connectivity index (χ0v) is 12.6. The molecule has 5 nitrogen and oxygen atoms in total. The Bertz CT molecular complexity index is 367. The van der Waals surface area contributed by atoms with Gasteiger partial charge in [0, 0.05) is 0 Å². The normalized spacial score (nSPS) is 14.7. The Kier molecular flexibility index (Phi) is 4.77. The number of carbonyl (C=O) groups is 1. The molecule has 0 amide bonds. The number of halogens is 2. The van der Waals surface area contributed by atoms with E-state index < -0.39 is 12.0 Å². The minimum Gasteiger partial charge on any atom is -0.468 e. The molecular formula is C8H11I2N3O2. The highest BCUT2D eigenvalue weighted by atomic mass is 127. The number of hydrogen-bond donors (Lipinski definition) is 1. The van der Waals surface area contributed by atoms with Crippen molar-refractivity contribution in [3.8, 4) is 0 Å². The van der Waals surface area contributed by atoms with Gasteiger partial charge in [0.2, 0.25) is 0 Å². The first kappa shape index (κ1) is 13.2. The van der Waals surface area contributed by atoms with E-state index in [1.807, 2.05) is 11.5 Å². The summed E-state index contributed by atoms with van der Waals surface area (Å²) in [5.41, 5.74) is 5.75. The summed E-state index contributed by atoms with van der Waals surface area (Å²) in [5.74, 6) is -0.415. The fourth-order valence-electron chi connectivity index (χ4n) is 1.11. The molecule has 2 atom stereocenters. The van der Waals surface area contributed by atoms with Crippen LogP contribution in [-0.2, 0) is 9.53 Å². The third-order valence-electron chi connectivity index (χ3n) is 2.12. The summed E-state index contributed by atoms with van der Waals surface area (Å²) in [7, 11) is 1.33. The minimum absolute atomic E-state index is 0.166. The van der Waals surface area contributed by atoms with E-state index in [1.165, 1.54) is 7.11 Å². The maximum absolute atomic E-state index is 11.3. The summed E-state index contributed by atoms with van der Waals surface area (Å²) in [6.07, 6.45) is 1.68. The molecule has 84 valence electrons. The van der Waals surface area contributed by atoms with Gasteiger partial charge in [-0.2, -0.15) is 0 Å². The van der Waals surface area contributed by atoms with E-state index in [0.717, 1.165) is 7.40 Å². The van der Waals surface area contributed by atoms with Crippen molar-refractivity contribution < 1.29 is 9.53 Å². The molecule has 0 aliphatic rings. The average molecular weight is 435 g/mol.